The fraction of sp³-hybridized carbons (Fsp3) is 0.455. The fourth-order valence-electron chi connectivity index (χ4n) is 3.83. The summed E-state index contributed by atoms with van der Waals surface area (Å²) < 4.78 is 1.28. The van der Waals surface area contributed by atoms with Crippen molar-refractivity contribution < 1.29 is 4.79 Å². The molecule has 0 spiro atoms. The maximum absolute atomic E-state index is 12.4. The summed E-state index contributed by atoms with van der Waals surface area (Å²) in [7, 11) is 0. The van der Waals surface area contributed by atoms with Crippen LogP contribution in [0.2, 0.25) is 0 Å². The largest absolute Gasteiger partial charge is 0.326 e. The highest BCUT2D eigenvalue weighted by Gasteiger charge is 2.13. The molecule has 1 aromatic carbocycles. The minimum Gasteiger partial charge on any atom is -0.326 e. The molecule has 3 heterocycles. The minimum atomic E-state index is -0.198. The first-order chi connectivity index (χ1) is 14.5. The Balaban J connectivity index is 1.37. The second-order valence-corrected chi connectivity index (χ2v) is 8.05. The van der Waals surface area contributed by atoms with Crippen molar-refractivity contribution in [3.05, 3.63) is 57.3 Å². The zero-order chi connectivity index (χ0) is 21.1. The number of aromatic nitrogens is 4. The molecule has 8 nitrogen and oxygen atoms in total. The third-order valence-electron chi connectivity index (χ3n) is 5.68. The van der Waals surface area contributed by atoms with Crippen LogP contribution in [0.15, 0.2) is 29.1 Å². The van der Waals surface area contributed by atoms with Crippen molar-refractivity contribution in [2.45, 2.75) is 52.5 Å². The molecule has 1 saturated heterocycles. The van der Waals surface area contributed by atoms with E-state index in [-0.39, 0.29) is 23.7 Å². The Morgan fingerprint density at radius 2 is 1.77 bits per heavy atom. The maximum Gasteiger partial charge on any atom is 0.277 e. The molecule has 3 aromatic rings. The van der Waals surface area contributed by atoms with Gasteiger partial charge in [-0.1, -0.05) is 25.0 Å². The van der Waals surface area contributed by atoms with E-state index in [1.54, 1.807) is 13.8 Å². The van der Waals surface area contributed by atoms with E-state index in [1.807, 2.05) is 12.1 Å². The number of carbonyl (C=O) groups excluding carboxylic acids is 1. The standard InChI is InChI=1S/C22H28N6O2/c1-15-16(2)23-22-25-19(26-28(22)21(15)30)13-20(29)24-18-9-7-17(8-10-18)14-27-11-5-3-4-6-12-27/h7-10H,3-6,11-14H2,1-2H3,(H,24,29)(H,23,25,26). The van der Waals surface area contributed by atoms with Gasteiger partial charge in [-0.25, -0.2) is 4.98 Å². The van der Waals surface area contributed by atoms with Crippen LogP contribution < -0.4 is 10.9 Å². The number of benzene rings is 1. The molecule has 0 bridgehead atoms. The Bertz CT molecular complexity index is 1090. The molecule has 158 valence electrons. The quantitative estimate of drug-likeness (QED) is 0.677. The molecule has 0 radical (unpaired) electrons. The van der Waals surface area contributed by atoms with Crippen molar-refractivity contribution in [3.63, 3.8) is 0 Å². The minimum absolute atomic E-state index is 0.0381. The van der Waals surface area contributed by atoms with Crippen LogP contribution in [0.4, 0.5) is 5.69 Å². The molecule has 0 atom stereocenters. The Hall–Kier alpha value is -3.00. The monoisotopic (exact) mass is 408 g/mol. The van der Waals surface area contributed by atoms with Crippen molar-refractivity contribution in [3.8, 4) is 0 Å². The van der Waals surface area contributed by atoms with E-state index in [0.717, 1.165) is 25.3 Å². The number of rotatable bonds is 5. The van der Waals surface area contributed by atoms with Gasteiger partial charge >= 0.3 is 0 Å². The number of hydrogen-bond donors (Lipinski definition) is 2. The van der Waals surface area contributed by atoms with Crippen LogP contribution in [0.25, 0.3) is 5.78 Å². The van der Waals surface area contributed by atoms with Crippen molar-refractivity contribution in [2.75, 3.05) is 18.4 Å². The van der Waals surface area contributed by atoms with Crippen molar-refractivity contribution in [2.24, 2.45) is 0 Å². The molecule has 0 saturated carbocycles. The van der Waals surface area contributed by atoms with Crippen LogP contribution in [0.5, 0.6) is 0 Å². The first-order valence-corrected chi connectivity index (χ1v) is 10.6. The summed E-state index contributed by atoms with van der Waals surface area (Å²) in [6, 6.07) is 8.00. The zero-order valence-electron chi connectivity index (χ0n) is 17.6. The van der Waals surface area contributed by atoms with Gasteiger partial charge in [0, 0.05) is 23.5 Å². The SMILES string of the molecule is Cc1nc2nc(CC(=O)Nc3ccc(CN4CCCCCC4)cc3)[nH]n2c(=O)c1C. The van der Waals surface area contributed by atoms with Crippen LogP contribution >= 0.6 is 0 Å². The molecular formula is C22H28N6O2. The Morgan fingerprint density at radius 1 is 1.07 bits per heavy atom. The number of nitrogens with zero attached hydrogens (tertiary/aromatic N) is 4. The molecule has 0 unspecified atom stereocenters. The van der Waals surface area contributed by atoms with Gasteiger partial charge in [0.25, 0.3) is 11.3 Å². The van der Waals surface area contributed by atoms with E-state index in [0.29, 0.717) is 17.1 Å². The Labute approximate surface area is 175 Å². The summed E-state index contributed by atoms with van der Waals surface area (Å²) in [5, 5.41) is 5.77. The third-order valence-corrected chi connectivity index (χ3v) is 5.68. The van der Waals surface area contributed by atoms with Crippen molar-refractivity contribution in [1.82, 2.24) is 24.5 Å². The zero-order valence-corrected chi connectivity index (χ0v) is 17.6. The van der Waals surface area contributed by atoms with Gasteiger partial charge in [0.15, 0.2) is 0 Å². The number of fused-ring (bicyclic) bond motifs is 1. The molecular weight excluding hydrogens is 380 g/mol. The highest BCUT2D eigenvalue weighted by atomic mass is 16.1. The van der Waals surface area contributed by atoms with Gasteiger partial charge in [-0.2, -0.15) is 9.50 Å². The lowest BCUT2D eigenvalue weighted by Gasteiger charge is -2.19. The van der Waals surface area contributed by atoms with Crippen LogP contribution in [0.3, 0.4) is 0 Å². The average molecular weight is 409 g/mol. The number of aromatic amines is 1. The van der Waals surface area contributed by atoms with E-state index < -0.39 is 0 Å². The Morgan fingerprint density at radius 3 is 2.47 bits per heavy atom. The number of hydrogen-bond acceptors (Lipinski definition) is 5. The lowest BCUT2D eigenvalue weighted by atomic mass is 10.2. The van der Waals surface area contributed by atoms with E-state index in [4.69, 9.17) is 0 Å². The summed E-state index contributed by atoms with van der Waals surface area (Å²) in [6.07, 6.45) is 5.25. The highest BCUT2D eigenvalue weighted by molar-refractivity contribution is 5.91. The summed E-state index contributed by atoms with van der Waals surface area (Å²) >= 11 is 0. The van der Waals surface area contributed by atoms with E-state index in [1.165, 1.54) is 35.8 Å². The number of amides is 1. The molecule has 2 aromatic heterocycles. The third kappa shape index (κ3) is 4.59. The predicted octanol–water partition coefficient (Wildman–Crippen LogP) is 2.59. The van der Waals surface area contributed by atoms with Gasteiger partial charge in [0.05, 0.1) is 6.42 Å². The molecule has 30 heavy (non-hydrogen) atoms. The van der Waals surface area contributed by atoms with Gasteiger partial charge in [-0.3, -0.25) is 19.6 Å². The average Bonchev–Trinajstić information content (AvgIpc) is 2.94. The maximum atomic E-state index is 12.4. The van der Waals surface area contributed by atoms with Crippen LogP contribution in [0, 0.1) is 13.8 Å². The van der Waals surface area contributed by atoms with Gasteiger partial charge in [0.2, 0.25) is 5.91 Å². The molecule has 8 heteroatoms. The summed E-state index contributed by atoms with van der Waals surface area (Å²) in [4.78, 5) is 35.8. The number of likely N-dealkylation sites (tertiary alicyclic amines) is 1. The molecule has 1 aliphatic rings. The number of nitrogens with one attached hydrogen (secondary N) is 2. The van der Waals surface area contributed by atoms with Crippen molar-refractivity contribution >= 4 is 17.4 Å². The first-order valence-electron chi connectivity index (χ1n) is 10.6. The van der Waals surface area contributed by atoms with Gasteiger partial charge < -0.3 is 5.32 Å². The second-order valence-electron chi connectivity index (χ2n) is 8.05. The first kappa shape index (κ1) is 20.3. The van der Waals surface area contributed by atoms with Crippen LogP contribution in [-0.4, -0.2) is 43.5 Å². The summed E-state index contributed by atoms with van der Waals surface area (Å²) in [6.45, 7) is 6.77. The number of carbonyl (C=O) groups is 1. The lowest BCUT2D eigenvalue weighted by Crippen LogP contribution is -2.23. The number of H-pyrrole nitrogens is 1. The number of anilines is 1. The molecule has 1 fully saturated rings. The second kappa shape index (κ2) is 8.79. The summed E-state index contributed by atoms with van der Waals surface area (Å²) in [5.74, 6) is 0.486. The number of aryl methyl sites for hydroxylation is 1. The topological polar surface area (TPSA) is 95.4 Å². The van der Waals surface area contributed by atoms with Gasteiger partial charge in [-0.05, 0) is 57.5 Å². The lowest BCUT2D eigenvalue weighted by molar-refractivity contribution is -0.115. The van der Waals surface area contributed by atoms with E-state index in [2.05, 4.69) is 37.4 Å². The van der Waals surface area contributed by atoms with Gasteiger partial charge in [0.1, 0.15) is 5.82 Å². The fourth-order valence-corrected chi connectivity index (χ4v) is 3.83. The Kier molecular flexibility index (Phi) is 5.94. The molecule has 0 aliphatic carbocycles. The van der Waals surface area contributed by atoms with Gasteiger partial charge in [-0.15, -0.1) is 0 Å². The van der Waals surface area contributed by atoms with Crippen molar-refractivity contribution in [1.29, 1.82) is 0 Å². The molecule has 1 aliphatic heterocycles. The molecule has 4 rings (SSSR count). The molecule has 1 amide bonds. The summed E-state index contributed by atoms with van der Waals surface area (Å²) in [5.41, 5.74) is 3.01. The normalized spacial score (nSPS) is 15.3. The predicted molar refractivity (Wildman–Crippen MR) is 116 cm³/mol. The van der Waals surface area contributed by atoms with Crippen LogP contribution in [0.1, 0.15) is 48.3 Å². The highest BCUT2D eigenvalue weighted by Crippen LogP contribution is 2.15. The smallest absolute Gasteiger partial charge is 0.277 e. The van der Waals surface area contributed by atoms with E-state index >= 15 is 0 Å². The molecule has 2 N–H and O–H groups in total. The van der Waals surface area contributed by atoms with Crippen LogP contribution in [-0.2, 0) is 17.8 Å². The van der Waals surface area contributed by atoms with E-state index in [9.17, 15) is 9.59 Å².